The van der Waals surface area contributed by atoms with Gasteiger partial charge in [-0.1, -0.05) is 67.7 Å². The molecule has 0 aliphatic heterocycles. The van der Waals surface area contributed by atoms with E-state index in [-0.39, 0.29) is 6.10 Å². The van der Waals surface area contributed by atoms with E-state index < -0.39 is 0 Å². The van der Waals surface area contributed by atoms with Gasteiger partial charge in [0.1, 0.15) is 0 Å². The van der Waals surface area contributed by atoms with Crippen LogP contribution in [0, 0.1) is 0 Å². The van der Waals surface area contributed by atoms with Crippen molar-refractivity contribution >= 4 is 0 Å². The minimum atomic E-state index is -0.242. The van der Waals surface area contributed by atoms with Crippen molar-refractivity contribution in [1.82, 2.24) is 0 Å². The SMILES string of the molecule is CC/C=C\C/C=C\C/C=C\C/C=C\C/C=C\CC(O)CCCOC. The van der Waals surface area contributed by atoms with Crippen LogP contribution in [0.1, 0.15) is 58.3 Å². The molecule has 0 bridgehead atoms. The second-order valence-corrected chi connectivity index (χ2v) is 5.73. The van der Waals surface area contributed by atoms with Crippen LogP contribution >= 0.6 is 0 Å². The Morgan fingerprint density at radius 3 is 1.67 bits per heavy atom. The van der Waals surface area contributed by atoms with Gasteiger partial charge in [-0.25, -0.2) is 0 Å². The molecule has 24 heavy (non-hydrogen) atoms. The first-order valence-electron chi connectivity index (χ1n) is 9.23. The number of ether oxygens (including phenoxy) is 1. The number of rotatable bonds is 15. The fraction of sp³-hybridized carbons (Fsp3) is 0.545. The van der Waals surface area contributed by atoms with Crippen LogP contribution in [0.3, 0.4) is 0 Å². The van der Waals surface area contributed by atoms with Crippen LogP contribution in [-0.4, -0.2) is 24.9 Å². The van der Waals surface area contributed by atoms with Crippen LogP contribution < -0.4 is 0 Å². The molecular formula is C22H36O2. The molecule has 0 aliphatic rings. The number of methoxy groups -OCH3 is 1. The molecule has 0 heterocycles. The van der Waals surface area contributed by atoms with Crippen LogP contribution in [0.25, 0.3) is 0 Å². The van der Waals surface area contributed by atoms with Gasteiger partial charge in [0, 0.05) is 13.7 Å². The van der Waals surface area contributed by atoms with E-state index in [1.54, 1.807) is 7.11 Å². The van der Waals surface area contributed by atoms with E-state index >= 15 is 0 Å². The topological polar surface area (TPSA) is 29.5 Å². The third-order valence-corrected chi connectivity index (χ3v) is 3.45. The minimum absolute atomic E-state index is 0.242. The summed E-state index contributed by atoms with van der Waals surface area (Å²) in [5, 5.41) is 9.74. The molecular weight excluding hydrogens is 296 g/mol. The van der Waals surface area contributed by atoms with Crippen molar-refractivity contribution < 1.29 is 9.84 Å². The summed E-state index contributed by atoms with van der Waals surface area (Å²) in [6.07, 6.45) is 29.1. The number of hydrogen-bond donors (Lipinski definition) is 1. The molecule has 1 N–H and O–H groups in total. The summed E-state index contributed by atoms with van der Waals surface area (Å²) in [7, 11) is 1.69. The fourth-order valence-electron chi connectivity index (χ4n) is 2.09. The Kier molecular flexibility index (Phi) is 18.5. The van der Waals surface area contributed by atoms with Crippen LogP contribution in [0.5, 0.6) is 0 Å². The van der Waals surface area contributed by atoms with Gasteiger partial charge in [-0.15, -0.1) is 0 Å². The summed E-state index contributed by atoms with van der Waals surface area (Å²) in [4.78, 5) is 0. The molecule has 0 amide bonds. The van der Waals surface area contributed by atoms with Crippen molar-refractivity contribution in [3.63, 3.8) is 0 Å². The summed E-state index contributed by atoms with van der Waals surface area (Å²) in [5.74, 6) is 0. The van der Waals surface area contributed by atoms with Crippen LogP contribution in [0.2, 0.25) is 0 Å². The van der Waals surface area contributed by atoms with Gasteiger partial charge in [0.15, 0.2) is 0 Å². The van der Waals surface area contributed by atoms with Gasteiger partial charge in [-0.2, -0.15) is 0 Å². The summed E-state index contributed by atoms with van der Waals surface area (Å²) in [6, 6.07) is 0. The Morgan fingerprint density at radius 2 is 1.21 bits per heavy atom. The largest absolute Gasteiger partial charge is 0.393 e. The van der Waals surface area contributed by atoms with Gasteiger partial charge in [0.05, 0.1) is 6.10 Å². The maximum absolute atomic E-state index is 9.74. The maximum atomic E-state index is 9.74. The quantitative estimate of drug-likeness (QED) is 0.298. The highest BCUT2D eigenvalue weighted by atomic mass is 16.5. The average molecular weight is 333 g/mol. The number of hydrogen-bond acceptors (Lipinski definition) is 2. The zero-order valence-electron chi connectivity index (χ0n) is 15.6. The summed E-state index contributed by atoms with van der Waals surface area (Å²) >= 11 is 0. The molecule has 1 unspecified atom stereocenters. The zero-order valence-corrected chi connectivity index (χ0v) is 15.6. The lowest BCUT2D eigenvalue weighted by atomic mass is 10.1. The standard InChI is InChI=1S/C22H36O2/c1-3-4-5-6-7-8-9-10-11-12-13-14-15-16-17-19-22(23)20-18-21-24-2/h4-5,7-8,10-11,13-14,16-17,22-23H,3,6,9,12,15,18-21H2,1-2H3/b5-4-,8-7-,11-10-,14-13-,17-16-. The molecule has 1 atom stereocenters. The van der Waals surface area contributed by atoms with Gasteiger partial charge in [-0.3, -0.25) is 0 Å². The summed E-state index contributed by atoms with van der Waals surface area (Å²) < 4.78 is 4.97. The number of allylic oxidation sites excluding steroid dienone is 9. The first-order valence-corrected chi connectivity index (χ1v) is 9.23. The van der Waals surface area contributed by atoms with E-state index in [2.05, 4.69) is 67.7 Å². The average Bonchev–Trinajstić information content (AvgIpc) is 2.58. The van der Waals surface area contributed by atoms with Gasteiger partial charge in [0.2, 0.25) is 0 Å². The Hall–Kier alpha value is -1.38. The zero-order chi connectivity index (χ0) is 17.7. The van der Waals surface area contributed by atoms with E-state index in [1.165, 1.54) is 0 Å². The molecule has 0 spiro atoms. The first-order chi connectivity index (χ1) is 11.8. The minimum Gasteiger partial charge on any atom is -0.393 e. The highest BCUT2D eigenvalue weighted by Gasteiger charge is 1.99. The monoisotopic (exact) mass is 332 g/mol. The molecule has 0 fully saturated rings. The lowest BCUT2D eigenvalue weighted by Crippen LogP contribution is -2.06. The van der Waals surface area contributed by atoms with Gasteiger partial charge in [0.25, 0.3) is 0 Å². The van der Waals surface area contributed by atoms with Crippen molar-refractivity contribution in [3.05, 3.63) is 60.8 Å². The van der Waals surface area contributed by atoms with E-state index in [1.807, 2.05) is 0 Å². The molecule has 0 radical (unpaired) electrons. The Morgan fingerprint density at radius 1 is 0.750 bits per heavy atom. The second-order valence-electron chi connectivity index (χ2n) is 5.73. The molecule has 2 heteroatoms. The van der Waals surface area contributed by atoms with E-state index in [9.17, 15) is 5.11 Å². The molecule has 0 aliphatic carbocycles. The molecule has 0 rings (SSSR count). The molecule has 0 saturated carbocycles. The molecule has 2 nitrogen and oxygen atoms in total. The molecule has 136 valence electrons. The van der Waals surface area contributed by atoms with E-state index in [0.717, 1.165) is 58.0 Å². The normalized spacial score (nSPS) is 14.3. The van der Waals surface area contributed by atoms with E-state index in [4.69, 9.17) is 4.74 Å². The van der Waals surface area contributed by atoms with Gasteiger partial charge in [-0.05, 0) is 51.4 Å². The summed E-state index contributed by atoms with van der Waals surface area (Å²) in [5.41, 5.74) is 0. The second kappa shape index (κ2) is 19.7. The molecule has 0 saturated heterocycles. The predicted molar refractivity (Wildman–Crippen MR) is 106 cm³/mol. The molecule has 0 aromatic heterocycles. The van der Waals surface area contributed by atoms with Crippen molar-refractivity contribution in [2.75, 3.05) is 13.7 Å². The number of aliphatic hydroxyl groups excluding tert-OH is 1. The van der Waals surface area contributed by atoms with E-state index in [0.29, 0.717) is 0 Å². The van der Waals surface area contributed by atoms with Crippen molar-refractivity contribution in [2.45, 2.75) is 64.4 Å². The molecule has 0 aromatic rings. The van der Waals surface area contributed by atoms with Crippen molar-refractivity contribution in [1.29, 1.82) is 0 Å². The highest BCUT2D eigenvalue weighted by Crippen LogP contribution is 2.03. The third-order valence-electron chi connectivity index (χ3n) is 3.45. The lowest BCUT2D eigenvalue weighted by molar-refractivity contribution is 0.137. The van der Waals surface area contributed by atoms with Gasteiger partial charge < -0.3 is 9.84 Å². The number of aliphatic hydroxyl groups is 1. The van der Waals surface area contributed by atoms with Crippen LogP contribution in [0.4, 0.5) is 0 Å². The smallest absolute Gasteiger partial charge is 0.0575 e. The summed E-state index contributed by atoms with van der Waals surface area (Å²) in [6.45, 7) is 2.88. The van der Waals surface area contributed by atoms with Crippen LogP contribution in [0.15, 0.2) is 60.8 Å². The Labute approximate surface area is 149 Å². The van der Waals surface area contributed by atoms with Gasteiger partial charge >= 0.3 is 0 Å². The fourth-order valence-corrected chi connectivity index (χ4v) is 2.09. The third kappa shape index (κ3) is 18.7. The highest BCUT2D eigenvalue weighted by molar-refractivity contribution is 5.00. The van der Waals surface area contributed by atoms with Crippen molar-refractivity contribution in [3.8, 4) is 0 Å². The molecule has 0 aromatic carbocycles. The Balaban J connectivity index is 3.52. The van der Waals surface area contributed by atoms with Crippen molar-refractivity contribution in [2.24, 2.45) is 0 Å². The predicted octanol–water partition coefficient (Wildman–Crippen LogP) is 5.92. The lowest BCUT2D eigenvalue weighted by Gasteiger charge is -2.06. The Bertz CT molecular complexity index is 389. The van der Waals surface area contributed by atoms with Crippen LogP contribution in [-0.2, 0) is 4.74 Å². The first kappa shape index (κ1) is 22.6. The maximum Gasteiger partial charge on any atom is 0.0575 e.